The van der Waals surface area contributed by atoms with E-state index in [1.807, 2.05) is 18.7 Å². The number of rotatable bonds is 3. The molecule has 2 saturated carbocycles. The van der Waals surface area contributed by atoms with E-state index in [1.54, 1.807) is 0 Å². The topological polar surface area (TPSA) is 69.8 Å². The normalized spacial score (nSPS) is 37.2. The molecule has 1 aliphatic heterocycles. The third kappa shape index (κ3) is 3.10. The van der Waals surface area contributed by atoms with Crippen molar-refractivity contribution in [1.29, 1.82) is 0 Å². The number of β-amino-alcohol motifs (C(OH)–C–C–N with tert-alkyl or cyclic N) is 1. The zero-order valence-corrected chi connectivity index (χ0v) is 13.3. The number of nitrogens with two attached hydrogens (primary N) is 1. The number of amides is 1. The molecule has 0 radical (unpaired) electrons. The Labute approximate surface area is 127 Å². The molecule has 5 heteroatoms. The molecule has 4 unspecified atom stereocenters. The van der Waals surface area contributed by atoms with Crippen LogP contribution in [0, 0.1) is 17.8 Å². The molecule has 0 aromatic heterocycles. The first-order valence-electron chi connectivity index (χ1n) is 8.34. The van der Waals surface area contributed by atoms with Crippen LogP contribution < -0.4 is 5.73 Å². The third-order valence-corrected chi connectivity index (χ3v) is 5.56. The van der Waals surface area contributed by atoms with Crippen LogP contribution in [0.2, 0.25) is 0 Å². The second-order valence-corrected chi connectivity index (χ2v) is 7.85. The van der Waals surface area contributed by atoms with Crippen LogP contribution in [0.3, 0.4) is 0 Å². The molecule has 2 bridgehead atoms. The summed E-state index contributed by atoms with van der Waals surface area (Å²) < 4.78 is 0. The minimum atomic E-state index is -0.668. The van der Waals surface area contributed by atoms with Gasteiger partial charge in [-0.3, -0.25) is 9.69 Å². The quantitative estimate of drug-likeness (QED) is 0.784. The Kier molecular flexibility index (Phi) is 4.01. The molecule has 2 aliphatic carbocycles. The van der Waals surface area contributed by atoms with Gasteiger partial charge >= 0.3 is 0 Å². The predicted octanol–water partition coefficient (Wildman–Crippen LogP) is 0.275. The Bertz CT molecular complexity index is 397. The van der Waals surface area contributed by atoms with Gasteiger partial charge in [0, 0.05) is 38.8 Å². The second kappa shape index (κ2) is 5.52. The Hall–Kier alpha value is -0.650. The van der Waals surface area contributed by atoms with E-state index < -0.39 is 5.60 Å². The second-order valence-electron chi connectivity index (χ2n) is 7.85. The number of carbonyl (C=O) groups excluding carboxylic acids is 1. The molecule has 3 N–H and O–H groups in total. The van der Waals surface area contributed by atoms with Crippen molar-refractivity contribution < 1.29 is 9.90 Å². The first-order chi connectivity index (χ1) is 9.85. The minimum Gasteiger partial charge on any atom is -0.389 e. The van der Waals surface area contributed by atoms with Gasteiger partial charge in [-0.05, 0) is 44.9 Å². The average Bonchev–Trinajstić information content (AvgIpc) is 2.97. The SMILES string of the molecule is CC(C)(O)CN1CCN(C(=O)C2C3CCC(C3)C2N)CC1. The highest BCUT2D eigenvalue weighted by molar-refractivity contribution is 5.80. The van der Waals surface area contributed by atoms with Crippen molar-refractivity contribution in [3.8, 4) is 0 Å². The maximum absolute atomic E-state index is 12.8. The number of piperazine rings is 1. The van der Waals surface area contributed by atoms with Crippen molar-refractivity contribution in [2.45, 2.75) is 44.8 Å². The lowest BCUT2D eigenvalue weighted by molar-refractivity contribution is -0.139. The van der Waals surface area contributed by atoms with Crippen molar-refractivity contribution >= 4 is 5.91 Å². The lowest BCUT2D eigenvalue weighted by Crippen LogP contribution is -2.55. The fourth-order valence-electron chi connectivity index (χ4n) is 4.59. The third-order valence-electron chi connectivity index (χ3n) is 5.56. The maximum atomic E-state index is 12.8. The highest BCUT2D eigenvalue weighted by Crippen LogP contribution is 2.48. The van der Waals surface area contributed by atoms with E-state index in [0.717, 1.165) is 32.6 Å². The lowest BCUT2D eigenvalue weighted by atomic mass is 9.84. The van der Waals surface area contributed by atoms with Crippen molar-refractivity contribution in [2.24, 2.45) is 23.5 Å². The highest BCUT2D eigenvalue weighted by atomic mass is 16.3. The van der Waals surface area contributed by atoms with Gasteiger partial charge in [0.25, 0.3) is 0 Å². The first-order valence-corrected chi connectivity index (χ1v) is 8.34. The van der Waals surface area contributed by atoms with Crippen LogP contribution in [0.15, 0.2) is 0 Å². The summed E-state index contributed by atoms with van der Waals surface area (Å²) in [6.45, 7) is 7.59. The Balaban J connectivity index is 1.54. The molecule has 1 amide bonds. The largest absolute Gasteiger partial charge is 0.389 e. The summed E-state index contributed by atoms with van der Waals surface area (Å²) in [6, 6.07) is 0.0886. The maximum Gasteiger partial charge on any atom is 0.227 e. The molecule has 1 saturated heterocycles. The van der Waals surface area contributed by atoms with Gasteiger partial charge < -0.3 is 15.7 Å². The molecule has 0 aromatic carbocycles. The summed E-state index contributed by atoms with van der Waals surface area (Å²) in [6.07, 6.45) is 3.57. The lowest BCUT2D eigenvalue weighted by Gasteiger charge is -2.40. The van der Waals surface area contributed by atoms with Gasteiger partial charge in [0.05, 0.1) is 11.5 Å². The number of nitrogens with zero attached hydrogens (tertiary/aromatic N) is 2. The predicted molar refractivity (Wildman–Crippen MR) is 81.6 cm³/mol. The van der Waals surface area contributed by atoms with E-state index in [9.17, 15) is 9.90 Å². The molecule has 3 rings (SSSR count). The minimum absolute atomic E-state index is 0.0737. The zero-order valence-electron chi connectivity index (χ0n) is 13.3. The van der Waals surface area contributed by atoms with Gasteiger partial charge in [0.2, 0.25) is 5.91 Å². The summed E-state index contributed by atoms with van der Waals surface area (Å²) in [7, 11) is 0. The van der Waals surface area contributed by atoms with E-state index >= 15 is 0 Å². The summed E-state index contributed by atoms with van der Waals surface area (Å²) in [4.78, 5) is 17.0. The van der Waals surface area contributed by atoms with Crippen molar-refractivity contribution in [3.63, 3.8) is 0 Å². The van der Waals surface area contributed by atoms with Gasteiger partial charge in [0.15, 0.2) is 0 Å². The standard InChI is InChI=1S/C16H29N3O2/c1-16(2,21)10-18-5-7-19(8-6-18)15(20)13-11-3-4-12(9-11)14(13)17/h11-14,21H,3-10,17H2,1-2H3. The molecule has 3 aliphatic rings. The molecule has 5 nitrogen and oxygen atoms in total. The number of aliphatic hydroxyl groups is 1. The molecule has 3 fully saturated rings. The number of hydrogen-bond donors (Lipinski definition) is 2. The van der Waals surface area contributed by atoms with Crippen LogP contribution in [-0.4, -0.2) is 65.2 Å². The van der Waals surface area contributed by atoms with Gasteiger partial charge in [-0.1, -0.05) is 0 Å². The molecule has 4 atom stereocenters. The van der Waals surface area contributed by atoms with Crippen LogP contribution in [0.1, 0.15) is 33.1 Å². The summed E-state index contributed by atoms with van der Waals surface area (Å²) in [5, 5.41) is 9.89. The van der Waals surface area contributed by atoms with Crippen molar-refractivity contribution in [2.75, 3.05) is 32.7 Å². The Morgan fingerprint density at radius 1 is 1.19 bits per heavy atom. The molecule has 21 heavy (non-hydrogen) atoms. The Morgan fingerprint density at radius 2 is 1.81 bits per heavy atom. The fraction of sp³-hybridized carbons (Fsp3) is 0.938. The van der Waals surface area contributed by atoms with Gasteiger partial charge in [-0.2, -0.15) is 0 Å². The van der Waals surface area contributed by atoms with Crippen molar-refractivity contribution in [1.82, 2.24) is 9.80 Å². The van der Waals surface area contributed by atoms with Crippen LogP contribution in [0.4, 0.5) is 0 Å². The van der Waals surface area contributed by atoms with E-state index in [4.69, 9.17) is 5.73 Å². The summed E-state index contributed by atoms with van der Waals surface area (Å²) in [5.41, 5.74) is 5.62. The molecular weight excluding hydrogens is 266 g/mol. The van der Waals surface area contributed by atoms with Gasteiger partial charge in [-0.25, -0.2) is 0 Å². The van der Waals surface area contributed by atoms with Gasteiger partial charge in [-0.15, -0.1) is 0 Å². The van der Waals surface area contributed by atoms with E-state index in [0.29, 0.717) is 18.4 Å². The first kappa shape index (κ1) is 15.3. The molecule has 0 aromatic rings. The molecule has 1 heterocycles. The van der Waals surface area contributed by atoms with Crippen molar-refractivity contribution in [3.05, 3.63) is 0 Å². The molecule has 0 spiro atoms. The van der Waals surface area contributed by atoms with E-state index in [1.165, 1.54) is 12.8 Å². The number of fused-ring (bicyclic) bond motifs is 2. The van der Waals surface area contributed by atoms with E-state index in [-0.39, 0.29) is 17.9 Å². The average molecular weight is 295 g/mol. The fourth-order valence-corrected chi connectivity index (χ4v) is 4.59. The van der Waals surface area contributed by atoms with Crippen LogP contribution in [-0.2, 0) is 4.79 Å². The highest BCUT2D eigenvalue weighted by Gasteiger charge is 2.50. The zero-order chi connectivity index (χ0) is 15.2. The monoisotopic (exact) mass is 295 g/mol. The molecule has 120 valence electrons. The van der Waals surface area contributed by atoms with Crippen LogP contribution >= 0.6 is 0 Å². The van der Waals surface area contributed by atoms with Crippen LogP contribution in [0.25, 0.3) is 0 Å². The van der Waals surface area contributed by atoms with Crippen LogP contribution in [0.5, 0.6) is 0 Å². The van der Waals surface area contributed by atoms with Gasteiger partial charge in [0.1, 0.15) is 0 Å². The molecular formula is C16H29N3O2. The number of carbonyl (C=O) groups is 1. The summed E-state index contributed by atoms with van der Waals surface area (Å²) in [5.74, 6) is 1.48. The van der Waals surface area contributed by atoms with E-state index in [2.05, 4.69) is 4.90 Å². The summed E-state index contributed by atoms with van der Waals surface area (Å²) >= 11 is 0. The number of hydrogen-bond acceptors (Lipinski definition) is 4. The smallest absolute Gasteiger partial charge is 0.227 e. The Morgan fingerprint density at radius 3 is 2.33 bits per heavy atom.